The zero-order valence-corrected chi connectivity index (χ0v) is 17.8. The van der Waals surface area contributed by atoms with Crippen LogP contribution in [0.4, 0.5) is 23.7 Å². The van der Waals surface area contributed by atoms with Crippen LogP contribution in [0.3, 0.4) is 0 Å². The third kappa shape index (κ3) is 3.58. The highest BCUT2D eigenvalue weighted by atomic mass is 79.9. The van der Waals surface area contributed by atoms with Gasteiger partial charge in [-0.1, -0.05) is 15.9 Å². The third-order valence-corrected chi connectivity index (χ3v) is 7.66. The van der Waals surface area contributed by atoms with Crippen molar-refractivity contribution in [2.24, 2.45) is 0 Å². The quantitative estimate of drug-likeness (QED) is 0.588. The van der Waals surface area contributed by atoms with Crippen LogP contribution in [0.25, 0.3) is 0 Å². The van der Waals surface area contributed by atoms with Gasteiger partial charge in [0.15, 0.2) is 17.5 Å². The lowest BCUT2D eigenvalue weighted by Gasteiger charge is -2.39. The molecule has 1 saturated heterocycles. The van der Waals surface area contributed by atoms with E-state index < -0.39 is 38.5 Å². The molecule has 2 aromatic carbocycles. The molecule has 30 heavy (non-hydrogen) atoms. The lowest BCUT2D eigenvalue weighted by molar-refractivity contribution is 0.135. The molecule has 2 aliphatic heterocycles. The molecule has 2 heterocycles. The number of anilines is 1. The maximum absolute atomic E-state index is 14.0. The van der Waals surface area contributed by atoms with Crippen molar-refractivity contribution >= 4 is 37.7 Å². The third-order valence-electron chi connectivity index (χ3n) is 5.26. The molecule has 0 spiro atoms. The average molecular weight is 505 g/mol. The lowest BCUT2D eigenvalue weighted by atomic mass is 10.0. The molecular weight excluding hydrogens is 489 g/mol. The van der Waals surface area contributed by atoms with E-state index in [1.807, 2.05) is 6.07 Å². The first-order valence-corrected chi connectivity index (χ1v) is 11.3. The van der Waals surface area contributed by atoms with Crippen LogP contribution in [-0.4, -0.2) is 37.9 Å². The van der Waals surface area contributed by atoms with Crippen molar-refractivity contribution in [3.05, 3.63) is 57.8 Å². The molecule has 0 N–H and O–H groups in total. The van der Waals surface area contributed by atoms with Gasteiger partial charge in [0.2, 0.25) is 10.0 Å². The van der Waals surface area contributed by atoms with E-state index in [2.05, 4.69) is 15.9 Å². The number of sulfonamides is 1. The molecule has 2 aromatic rings. The van der Waals surface area contributed by atoms with Gasteiger partial charge >= 0.3 is 6.09 Å². The van der Waals surface area contributed by atoms with Gasteiger partial charge in [0.25, 0.3) is 0 Å². The summed E-state index contributed by atoms with van der Waals surface area (Å²) >= 11 is 3.38. The summed E-state index contributed by atoms with van der Waals surface area (Å²) in [6, 6.07) is 6.41. The first kappa shape index (κ1) is 21.1. The smallest absolute Gasteiger partial charge is 0.414 e. The maximum atomic E-state index is 14.0. The predicted octanol–water partition coefficient (Wildman–Crippen LogP) is 4.18. The monoisotopic (exact) mass is 504 g/mol. The molecule has 6 nitrogen and oxygen atoms in total. The second-order valence-corrected chi connectivity index (χ2v) is 9.83. The van der Waals surface area contributed by atoms with E-state index in [0.717, 1.165) is 14.3 Å². The Morgan fingerprint density at radius 1 is 1.03 bits per heavy atom. The first-order chi connectivity index (χ1) is 14.2. The maximum Gasteiger partial charge on any atom is 0.414 e. The number of cyclic esters (lactones) is 1. The molecule has 0 bridgehead atoms. The predicted molar refractivity (Wildman–Crippen MR) is 105 cm³/mol. The van der Waals surface area contributed by atoms with E-state index in [-0.39, 0.29) is 38.6 Å². The second kappa shape index (κ2) is 7.86. The Kier molecular flexibility index (Phi) is 5.54. The Morgan fingerprint density at radius 2 is 1.73 bits per heavy atom. The number of amides is 1. The number of ether oxygens (including phenoxy) is 1. The van der Waals surface area contributed by atoms with Gasteiger partial charge in [0.1, 0.15) is 11.5 Å². The first-order valence-electron chi connectivity index (χ1n) is 9.08. The Morgan fingerprint density at radius 3 is 2.43 bits per heavy atom. The minimum atomic E-state index is -4.36. The van der Waals surface area contributed by atoms with E-state index in [1.54, 1.807) is 12.1 Å². The van der Waals surface area contributed by atoms with Gasteiger partial charge in [0.05, 0.1) is 5.69 Å². The van der Waals surface area contributed by atoms with Crippen LogP contribution < -0.4 is 4.90 Å². The second-order valence-electron chi connectivity index (χ2n) is 7.01. The Bertz CT molecular complexity index is 1120. The van der Waals surface area contributed by atoms with Gasteiger partial charge in [-0.25, -0.2) is 26.4 Å². The summed E-state index contributed by atoms with van der Waals surface area (Å²) in [7, 11) is -4.36. The average Bonchev–Trinajstić information content (AvgIpc) is 2.72. The molecule has 0 aromatic heterocycles. The van der Waals surface area contributed by atoms with Crippen molar-refractivity contribution in [3.63, 3.8) is 0 Å². The summed E-state index contributed by atoms with van der Waals surface area (Å²) < 4.78 is 73.3. The van der Waals surface area contributed by atoms with Crippen LogP contribution in [0.5, 0.6) is 0 Å². The molecule has 0 radical (unpaired) electrons. The van der Waals surface area contributed by atoms with Crippen molar-refractivity contribution in [1.29, 1.82) is 0 Å². The molecule has 1 amide bonds. The standard InChI is InChI=1S/C19H16BrF3N2O4S/c20-12-1-3-15-11(9-12)10-29-19(26)25(15)13-5-7-24(8-6-13)30(27,28)16-4-2-14(21)17(22)18(16)23/h1-4,9,13H,5-8,10H2. The van der Waals surface area contributed by atoms with Crippen LogP contribution >= 0.6 is 15.9 Å². The summed E-state index contributed by atoms with van der Waals surface area (Å²) in [5.74, 6) is -5.03. The van der Waals surface area contributed by atoms with E-state index >= 15 is 0 Å². The molecular formula is C19H16BrF3N2O4S. The SMILES string of the molecule is O=C1OCc2cc(Br)ccc2N1C1CCN(S(=O)(=O)c2ccc(F)c(F)c2F)CC1. The number of hydrogen-bond donors (Lipinski definition) is 0. The van der Waals surface area contributed by atoms with Crippen molar-refractivity contribution < 1.29 is 31.1 Å². The lowest BCUT2D eigenvalue weighted by Crippen LogP contribution is -2.50. The van der Waals surface area contributed by atoms with Crippen LogP contribution in [0.15, 0.2) is 39.7 Å². The number of piperidine rings is 1. The normalized spacial score (nSPS) is 18.3. The minimum absolute atomic E-state index is 0.0128. The van der Waals surface area contributed by atoms with Gasteiger partial charge < -0.3 is 4.74 Å². The molecule has 0 atom stereocenters. The molecule has 4 rings (SSSR count). The molecule has 0 saturated carbocycles. The molecule has 0 unspecified atom stereocenters. The van der Waals surface area contributed by atoms with Gasteiger partial charge in [0, 0.05) is 29.2 Å². The van der Waals surface area contributed by atoms with Crippen molar-refractivity contribution in [2.75, 3.05) is 18.0 Å². The highest BCUT2D eigenvalue weighted by molar-refractivity contribution is 9.10. The molecule has 160 valence electrons. The fraction of sp³-hybridized carbons (Fsp3) is 0.316. The Balaban J connectivity index is 1.55. The number of nitrogens with zero attached hydrogens (tertiary/aromatic N) is 2. The van der Waals surface area contributed by atoms with Crippen LogP contribution in [0, 0.1) is 17.5 Å². The fourth-order valence-corrected chi connectivity index (χ4v) is 5.68. The number of hydrogen-bond acceptors (Lipinski definition) is 4. The van der Waals surface area contributed by atoms with E-state index in [9.17, 15) is 26.4 Å². The van der Waals surface area contributed by atoms with E-state index in [0.29, 0.717) is 17.8 Å². The summed E-state index contributed by atoms with van der Waals surface area (Å²) in [6.45, 7) is 0.120. The van der Waals surface area contributed by atoms with Gasteiger partial charge in [-0.15, -0.1) is 0 Å². The van der Waals surface area contributed by atoms with Gasteiger partial charge in [-0.05, 0) is 43.2 Å². The summed E-state index contributed by atoms with van der Waals surface area (Å²) in [5.41, 5.74) is 1.52. The van der Waals surface area contributed by atoms with E-state index in [4.69, 9.17) is 4.74 Å². The largest absolute Gasteiger partial charge is 0.444 e. The highest BCUT2D eigenvalue weighted by Crippen LogP contribution is 2.34. The summed E-state index contributed by atoms with van der Waals surface area (Å²) in [6.07, 6.45) is 0.0299. The number of carbonyl (C=O) groups excluding carboxylic acids is 1. The van der Waals surface area contributed by atoms with Gasteiger partial charge in [-0.3, -0.25) is 4.90 Å². The molecule has 1 fully saturated rings. The number of carbonyl (C=O) groups is 1. The zero-order chi connectivity index (χ0) is 21.6. The Hall–Kier alpha value is -2.11. The highest BCUT2D eigenvalue weighted by Gasteiger charge is 2.38. The fourth-order valence-electron chi connectivity index (χ4n) is 3.75. The van der Waals surface area contributed by atoms with Crippen molar-refractivity contribution in [1.82, 2.24) is 4.31 Å². The van der Waals surface area contributed by atoms with E-state index in [1.165, 1.54) is 4.90 Å². The topological polar surface area (TPSA) is 66.9 Å². The number of halogens is 4. The summed E-state index contributed by atoms with van der Waals surface area (Å²) in [5, 5.41) is 0. The molecule has 0 aliphatic carbocycles. The minimum Gasteiger partial charge on any atom is -0.444 e. The zero-order valence-electron chi connectivity index (χ0n) is 15.4. The van der Waals surface area contributed by atoms with Crippen LogP contribution in [-0.2, 0) is 21.4 Å². The number of benzene rings is 2. The number of fused-ring (bicyclic) bond motifs is 1. The van der Waals surface area contributed by atoms with Crippen molar-refractivity contribution in [3.8, 4) is 0 Å². The summed E-state index contributed by atoms with van der Waals surface area (Å²) in [4.78, 5) is 13.0. The number of rotatable bonds is 3. The molecule has 11 heteroatoms. The van der Waals surface area contributed by atoms with Crippen molar-refractivity contribution in [2.45, 2.75) is 30.4 Å². The van der Waals surface area contributed by atoms with Gasteiger partial charge in [-0.2, -0.15) is 4.31 Å². The Labute approximate surface area is 179 Å². The van der Waals surface area contributed by atoms with Crippen LogP contribution in [0.2, 0.25) is 0 Å². The molecule has 2 aliphatic rings. The van der Waals surface area contributed by atoms with Crippen LogP contribution in [0.1, 0.15) is 18.4 Å².